The Kier molecular flexibility index (Phi) is 4.59. The molecule has 2 unspecified atom stereocenters. The molecular formula is C24H27N5O2. The zero-order valence-electron chi connectivity index (χ0n) is 18.6. The summed E-state index contributed by atoms with van der Waals surface area (Å²) in [4.78, 5) is 26.7. The number of rotatable bonds is 2. The maximum absolute atomic E-state index is 12.9. The number of likely N-dealkylation sites (N-methyl/N-ethyl adjacent to an activating group) is 1. The molecule has 160 valence electrons. The molecule has 0 spiro atoms. The van der Waals surface area contributed by atoms with E-state index in [-0.39, 0.29) is 5.63 Å². The van der Waals surface area contributed by atoms with Crippen LogP contribution < -0.4 is 10.5 Å². The molecule has 4 aromatic rings. The fourth-order valence-corrected chi connectivity index (χ4v) is 4.53. The lowest BCUT2D eigenvalue weighted by molar-refractivity contribution is 0.170. The zero-order chi connectivity index (χ0) is 21.9. The molecule has 1 fully saturated rings. The lowest BCUT2D eigenvalue weighted by Crippen LogP contribution is -2.55. The van der Waals surface area contributed by atoms with Gasteiger partial charge < -0.3 is 13.7 Å². The Hall–Kier alpha value is -3.19. The number of fused-ring (bicyclic) bond motifs is 2. The standard InChI is InChI=1S/C24H27N5O2/c1-14-10-29-13-21(26-23(29)17(4)25-14)22-8-18-6-7-19(9-20(18)24(30)31-22)28-11-15(2)27(5)16(3)12-28/h6-10,13,15-16H,11-12H2,1-5H3. The Morgan fingerprint density at radius 3 is 2.52 bits per heavy atom. The molecule has 31 heavy (non-hydrogen) atoms. The third-order valence-corrected chi connectivity index (χ3v) is 6.45. The van der Waals surface area contributed by atoms with E-state index in [0.29, 0.717) is 28.9 Å². The summed E-state index contributed by atoms with van der Waals surface area (Å²) in [7, 11) is 2.17. The summed E-state index contributed by atoms with van der Waals surface area (Å²) in [6.07, 6.45) is 3.80. The number of aromatic nitrogens is 3. The molecule has 7 nitrogen and oxygen atoms in total. The monoisotopic (exact) mass is 417 g/mol. The second-order valence-corrected chi connectivity index (χ2v) is 8.76. The van der Waals surface area contributed by atoms with Gasteiger partial charge in [0.2, 0.25) is 0 Å². The Morgan fingerprint density at radius 1 is 1.03 bits per heavy atom. The van der Waals surface area contributed by atoms with Crippen molar-refractivity contribution in [2.75, 3.05) is 25.0 Å². The van der Waals surface area contributed by atoms with E-state index in [0.717, 1.165) is 41.2 Å². The Balaban J connectivity index is 1.54. The number of hydrogen-bond acceptors (Lipinski definition) is 6. The highest BCUT2D eigenvalue weighted by molar-refractivity contribution is 5.87. The van der Waals surface area contributed by atoms with Crippen LogP contribution in [0.5, 0.6) is 0 Å². The minimum atomic E-state index is -0.340. The van der Waals surface area contributed by atoms with Gasteiger partial charge >= 0.3 is 5.63 Å². The summed E-state index contributed by atoms with van der Waals surface area (Å²) in [5, 5.41) is 1.45. The molecule has 4 heterocycles. The maximum Gasteiger partial charge on any atom is 0.344 e. The van der Waals surface area contributed by atoms with Crippen molar-refractivity contribution in [3.8, 4) is 11.5 Å². The average molecular weight is 418 g/mol. The quantitative estimate of drug-likeness (QED) is 0.496. The first-order chi connectivity index (χ1) is 14.8. The Labute approximate surface area is 180 Å². The first-order valence-corrected chi connectivity index (χ1v) is 10.7. The van der Waals surface area contributed by atoms with Crippen LogP contribution in [0.15, 0.2) is 45.9 Å². The van der Waals surface area contributed by atoms with E-state index < -0.39 is 0 Å². The van der Waals surface area contributed by atoms with Crippen LogP contribution >= 0.6 is 0 Å². The predicted molar refractivity (Wildman–Crippen MR) is 123 cm³/mol. The average Bonchev–Trinajstić information content (AvgIpc) is 3.16. The van der Waals surface area contributed by atoms with E-state index in [1.54, 1.807) is 0 Å². The molecular weight excluding hydrogens is 390 g/mol. The second-order valence-electron chi connectivity index (χ2n) is 8.76. The summed E-state index contributed by atoms with van der Waals surface area (Å²) in [5.41, 5.74) is 3.86. The van der Waals surface area contributed by atoms with E-state index in [1.165, 1.54) is 0 Å². The SMILES string of the molecule is Cc1cn2cc(-c3cc4ccc(N5CC(C)N(C)C(C)C5)cc4c(=O)o3)nc2c(C)n1. The first-order valence-electron chi connectivity index (χ1n) is 10.7. The smallest absolute Gasteiger partial charge is 0.344 e. The third-order valence-electron chi connectivity index (χ3n) is 6.45. The number of nitrogens with zero attached hydrogens (tertiary/aromatic N) is 5. The molecule has 0 amide bonds. The van der Waals surface area contributed by atoms with Crippen molar-refractivity contribution in [1.82, 2.24) is 19.3 Å². The van der Waals surface area contributed by atoms with E-state index in [2.05, 4.69) is 46.7 Å². The van der Waals surface area contributed by atoms with E-state index in [4.69, 9.17) is 4.42 Å². The third kappa shape index (κ3) is 3.39. The lowest BCUT2D eigenvalue weighted by Gasteiger charge is -2.43. The van der Waals surface area contributed by atoms with Gasteiger partial charge in [-0.25, -0.2) is 9.78 Å². The van der Waals surface area contributed by atoms with Crippen molar-refractivity contribution in [3.63, 3.8) is 0 Å². The molecule has 0 aliphatic carbocycles. The predicted octanol–water partition coefficient (Wildman–Crippen LogP) is 3.65. The fourth-order valence-electron chi connectivity index (χ4n) is 4.53. The number of hydrogen-bond donors (Lipinski definition) is 0. The minimum Gasteiger partial charge on any atom is -0.421 e. The number of piperazine rings is 1. The van der Waals surface area contributed by atoms with Crippen molar-refractivity contribution >= 4 is 22.1 Å². The lowest BCUT2D eigenvalue weighted by atomic mass is 10.1. The highest BCUT2D eigenvalue weighted by Crippen LogP contribution is 2.27. The highest BCUT2D eigenvalue weighted by Gasteiger charge is 2.26. The summed E-state index contributed by atoms with van der Waals surface area (Å²) in [5.74, 6) is 0.466. The summed E-state index contributed by atoms with van der Waals surface area (Å²) >= 11 is 0. The van der Waals surface area contributed by atoms with Crippen LogP contribution in [0.3, 0.4) is 0 Å². The molecule has 1 saturated heterocycles. The normalized spacial score (nSPS) is 20.1. The van der Waals surface area contributed by atoms with E-state index in [9.17, 15) is 4.79 Å². The maximum atomic E-state index is 12.9. The summed E-state index contributed by atoms with van der Waals surface area (Å²) in [6.45, 7) is 10.2. The van der Waals surface area contributed by atoms with Crippen LogP contribution in [0.2, 0.25) is 0 Å². The van der Waals surface area contributed by atoms with Gasteiger partial charge in [0, 0.05) is 43.3 Å². The number of benzene rings is 1. The molecule has 3 aromatic heterocycles. The minimum absolute atomic E-state index is 0.340. The fraction of sp³-hybridized carbons (Fsp3) is 0.375. The van der Waals surface area contributed by atoms with Crippen LogP contribution in [0, 0.1) is 13.8 Å². The molecule has 1 aliphatic rings. The Bertz CT molecular complexity index is 1340. The van der Waals surface area contributed by atoms with Crippen LogP contribution in [-0.4, -0.2) is 51.5 Å². The van der Waals surface area contributed by atoms with Crippen molar-refractivity contribution in [3.05, 3.63) is 58.5 Å². The van der Waals surface area contributed by atoms with Crippen molar-refractivity contribution in [2.24, 2.45) is 0 Å². The van der Waals surface area contributed by atoms with Gasteiger partial charge in [0.15, 0.2) is 11.4 Å². The first kappa shape index (κ1) is 19.8. The van der Waals surface area contributed by atoms with Crippen molar-refractivity contribution in [2.45, 2.75) is 39.8 Å². The highest BCUT2D eigenvalue weighted by atomic mass is 16.4. The van der Waals surface area contributed by atoms with Gasteiger partial charge in [0.1, 0.15) is 5.69 Å². The molecule has 7 heteroatoms. The van der Waals surface area contributed by atoms with Crippen molar-refractivity contribution < 1.29 is 4.42 Å². The molecule has 5 rings (SSSR count). The van der Waals surface area contributed by atoms with Crippen LogP contribution in [-0.2, 0) is 0 Å². The van der Waals surface area contributed by atoms with Gasteiger partial charge in [-0.3, -0.25) is 9.88 Å². The van der Waals surface area contributed by atoms with Gasteiger partial charge in [0.05, 0.1) is 16.8 Å². The summed E-state index contributed by atoms with van der Waals surface area (Å²) < 4.78 is 7.63. The van der Waals surface area contributed by atoms with E-state index >= 15 is 0 Å². The van der Waals surface area contributed by atoms with Crippen LogP contribution in [0.4, 0.5) is 5.69 Å². The van der Waals surface area contributed by atoms with Gasteiger partial charge in [-0.15, -0.1) is 0 Å². The zero-order valence-corrected chi connectivity index (χ0v) is 18.6. The van der Waals surface area contributed by atoms with Gasteiger partial charge in [0.25, 0.3) is 0 Å². The number of anilines is 1. The molecule has 0 saturated carbocycles. The molecule has 2 atom stereocenters. The largest absolute Gasteiger partial charge is 0.421 e. The van der Waals surface area contributed by atoms with Crippen LogP contribution in [0.1, 0.15) is 25.2 Å². The molecule has 0 bridgehead atoms. The van der Waals surface area contributed by atoms with Gasteiger partial charge in [-0.05, 0) is 58.3 Å². The second kappa shape index (κ2) is 7.20. The molecule has 0 radical (unpaired) electrons. The van der Waals surface area contributed by atoms with Crippen molar-refractivity contribution in [1.29, 1.82) is 0 Å². The topological polar surface area (TPSA) is 66.9 Å². The molecule has 1 aromatic carbocycles. The van der Waals surface area contributed by atoms with Gasteiger partial charge in [-0.2, -0.15) is 0 Å². The Morgan fingerprint density at radius 2 is 1.77 bits per heavy atom. The van der Waals surface area contributed by atoms with E-state index in [1.807, 2.05) is 48.8 Å². The molecule has 0 N–H and O–H groups in total. The molecule has 1 aliphatic heterocycles. The van der Waals surface area contributed by atoms with Crippen LogP contribution in [0.25, 0.3) is 27.9 Å². The summed E-state index contributed by atoms with van der Waals surface area (Å²) in [6, 6.07) is 8.86. The number of aryl methyl sites for hydroxylation is 2. The van der Waals surface area contributed by atoms with Gasteiger partial charge in [-0.1, -0.05) is 6.07 Å². The number of imidazole rings is 1.